The lowest BCUT2D eigenvalue weighted by Gasteiger charge is -2.35. The van der Waals surface area contributed by atoms with E-state index in [1.807, 2.05) is 6.92 Å². The van der Waals surface area contributed by atoms with Crippen LogP contribution < -0.4 is 5.32 Å². The smallest absolute Gasteiger partial charge is 0.194 e. The molecule has 0 spiro atoms. The summed E-state index contributed by atoms with van der Waals surface area (Å²) in [6, 6.07) is 2.21. The average molecular weight is 309 g/mol. The second-order valence-corrected chi connectivity index (χ2v) is 4.86. The average Bonchev–Trinajstić information content (AvgIpc) is 2.44. The summed E-state index contributed by atoms with van der Waals surface area (Å²) in [4.78, 5) is 2.13. The fourth-order valence-electron chi connectivity index (χ4n) is 2.60. The van der Waals surface area contributed by atoms with Crippen molar-refractivity contribution in [3.63, 3.8) is 0 Å². The molecule has 0 unspecified atom stereocenters. The maximum atomic E-state index is 13.9. The topological polar surface area (TPSA) is 15.3 Å². The Kier molecular flexibility index (Phi) is 6.79. The Morgan fingerprint density at radius 3 is 2.40 bits per heavy atom. The van der Waals surface area contributed by atoms with Crippen LogP contribution in [0.15, 0.2) is 12.1 Å². The number of hydrogen-bond donors (Lipinski definition) is 1. The summed E-state index contributed by atoms with van der Waals surface area (Å²) in [5.74, 6) is -3.54. The maximum Gasteiger partial charge on any atom is 0.194 e. The fourth-order valence-corrected chi connectivity index (χ4v) is 2.60. The molecular formula is C14H20ClF3N2. The molecular weight excluding hydrogens is 289 g/mol. The van der Waals surface area contributed by atoms with E-state index in [0.29, 0.717) is 0 Å². The van der Waals surface area contributed by atoms with E-state index in [1.165, 1.54) is 6.07 Å². The summed E-state index contributed by atoms with van der Waals surface area (Å²) in [7, 11) is 0. The summed E-state index contributed by atoms with van der Waals surface area (Å²) in [5, 5.41) is 3.23. The molecule has 1 saturated heterocycles. The predicted molar refractivity (Wildman–Crippen MR) is 75.7 cm³/mol. The third kappa shape index (κ3) is 3.65. The van der Waals surface area contributed by atoms with Gasteiger partial charge in [0.15, 0.2) is 17.5 Å². The van der Waals surface area contributed by atoms with E-state index in [9.17, 15) is 13.2 Å². The molecule has 0 saturated carbocycles. The monoisotopic (exact) mass is 308 g/mol. The van der Waals surface area contributed by atoms with Crippen LogP contribution in [-0.2, 0) is 0 Å². The van der Waals surface area contributed by atoms with E-state index < -0.39 is 17.5 Å². The van der Waals surface area contributed by atoms with E-state index in [-0.39, 0.29) is 24.0 Å². The third-order valence-corrected chi connectivity index (χ3v) is 3.58. The molecule has 1 aliphatic heterocycles. The molecule has 0 amide bonds. The zero-order valence-corrected chi connectivity index (χ0v) is 12.3. The number of benzene rings is 1. The minimum absolute atomic E-state index is 0. The molecule has 6 heteroatoms. The first kappa shape index (κ1) is 17.3. The van der Waals surface area contributed by atoms with Crippen LogP contribution >= 0.6 is 12.4 Å². The van der Waals surface area contributed by atoms with Crippen molar-refractivity contribution in [2.45, 2.75) is 25.8 Å². The number of halogens is 4. The molecule has 20 heavy (non-hydrogen) atoms. The molecule has 2 nitrogen and oxygen atoms in total. The normalized spacial score (nSPS) is 17.6. The van der Waals surface area contributed by atoms with E-state index in [4.69, 9.17) is 0 Å². The molecule has 1 heterocycles. The highest BCUT2D eigenvalue weighted by Gasteiger charge is 2.26. The maximum absolute atomic E-state index is 13.9. The second-order valence-electron chi connectivity index (χ2n) is 4.86. The van der Waals surface area contributed by atoms with Crippen molar-refractivity contribution in [1.29, 1.82) is 0 Å². The molecule has 0 radical (unpaired) electrons. The van der Waals surface area contributed by atoms with Gasteiger partial charge in [0, 0.05) is 37.8 Å². The largest absolute Gasteiger partial charge is 0.314 e. The van der Waals surface area contributed by atoms with Gasteiger partial charge in [-0.15, -0.1) is 12.4 Å². The first-order chi connectivity index (χ1) is 9.15. The molecule has 1 aliphatic rings. The van der Waals surface area contributed by atoms with Crippen molar-refractivity contribution in [3.8, 4) is 0 Å². The van der Waals surface area contributed by atoms with Gasteiger partial charge in [-0.2, -0.15) is 0 Å². The zero-order valence-electron chi connectivity index (χ0n) is 11.5. The van der Waals surface area contributed by atoms with Crippen molar-refractivity contribution in [1.82, 2.24) is 10.2 Å². The van der Waals surface area contributed by atoms with Gasteiger partial charge in [-0.25, -0.2) is 13.2 Å². The van der Waals surface area contributed by atoms with Crippen LogP contribution in [0.4, 0.5) is 13.2 Å². The number of piperazine rings is 1. The fraction of sp³-hybridized carbons (Fsp3) is 0.571. The predicted octanol–water partition coefficient (Wildman–Crippen LogP) is 3.27. The van der Waals surface area contributed by atoms with Crippen LogP contribution in [0.5, 0.6) is 0 Å². The molecule has 1 atom stereocenters. The van der Waals surface area contributed by atoms with Crippen molar-refractivity contribution in [2.24, 2.45) is 0 Å². The molecule has 2 rings (SSSR count). The van der Waals surface area contributed by atoms with Gasteiger partial charge in [0.05, 0.1) is 0 Å². The Morgan fingerprint density at radius 1 is 1.15 bits per heavy atom. The quantitative estimate of drug-likeness (QED) is 0.859. The molecule has 1 fully saturated rings. The molecule has 1 N–H and O–H groups in total. The zero-order chi connectivity index (χ0) is 13.8. The number of rotatable bonds is 4. The van der Waals surface area contributed by atoms with Crippen molar-refractivity contribution in [2.75, 3.05) is 26.2 Å². The molecule has 1 aromatic rings. The number of hydrogen-bond acceptors (Lipinski definition) is 2. The van der Waals surface area contributed by atoms with Crippen LogP contribution in [0.25, 0.3) is 0 Å². The van der Waals surface area contributed by atoms with Gasteiger partial charge in [0.1, 0.15) is 0 Å². The van der Waals surface area contributed by atoms with Crippen LogP contribution in [-0.4, -0.2) is 31.1 Å². The highest BCUT2D eigenvalue weighted by atomic mass is 35.5. The lowest BCUT2D eigenvalue weighted by molar-refractivity contribution is 0.160. The molecule has 0 aromatic heterocycles. The van der Waals surface area contributed by atoms with Gasteiger partial charge in [-0.1, -0.05) is 19.4 Å². The van der Waals surface area contributed by atoms with E-state index in [2.05, 4.69) is 10.2 Å². The Bertz CT molecular complexity index is 437. The molecule has 1 aromatic carbocycles. The lowest BCUT2D eigenvalue weighted by atomic mass is 9.99. The van der Waals surface area contributed by atoms with Crippen molar-refractivity contribution >= 4 is 12.4 Å². The summed E-state index contributed by atoms with van der Waals surface area (Å²) in [5.41, 5.74) is 0.266. The van der Waals surface area contributed by atoms with Gasteiger partial charge in [-0.3, -0.25) is 4.90 Å². The molecule has 0 aliphatic carbocycles. The Labute approximate surface area is 123 Å². The minimum Gasteiger partial charge on any atom is -0.314 e. The Balaban J connectivity index is 0.00000200. The highest BCUT2D eigenvalue weighted by molar-refractivity contribution is 5.85. The van der Waals surface area contributed by atoms with Gasteiger partial charge in [0.25, 0.3) is 0 Å². The SMILES string of the molecule is CCC[C@H](c1ccc(F)c(F)c1F)N1CCNCC1.Cl. The van der Waals surface area contributed by atoms with Crippen molar-refractivity contribution in [3.05, 3.63) is 35.1 Å². The highest BCUT2D eigenvalue weighted by Crippen LogP contribution is 2.29. The summed E-state index contributed by atoms with van der Waals surface area (Å²) in [6.45, 7) is 5.27. The minimum atomic E-state index is -1.37. The van der Waals surface area contributed by atoms with Gasteiger partial charge >= 0.3 is 0 Å². The van der Waals surface area contributed by atoms with Crippen LogP contribution in [0.3, 0.4) is 0 Å². The van der Waals surface area contributed by atoms with Crippen LogP contribution in [0, 0.1) is 17.5 Å². The second kappa shape index (κ2) is 7.86. The number of nitrogens with zero attached hydrogens (tertiary/aromatic N) is 1. The summed E-state index contributed by atoms with van der Waals surface area (Å²) >= 11 is 0. The van der Waals surface area contributed by atoms with Gasteiger partial charge in [-0.05, 0) is 12.5 Å². The van der Waals surface area contributed by atoms with Crippen LogP contribution in [0.1, 0.15) is 31.4 Å². The Morgan fingerprint density at radius 2 is 1.80 bits per heavy atom. The first-order valence-corrected chi connectivity index (χ1v) is 6.73. The molecule has 114 valence electrons. The van der Waals surface area contributed by atoms with E-state index in [0.717, 1.165) is 45.1 Å². The lowest BCUT2D eigenvalue weighted by Crippen LogP contribution is -2.45. The third-order valence-electron chi connectivity index (χ3n) is 3.58. The first-order valence-electron chi connectivity index (χ1n) is 6.73. The summed E-state index contributed by atoms with van der Waals surface area (Å²) in [6.07, 6.45) is 1.61. The van der Waals surface area contributed by atoms with E-state index >= 15 is 0 Å². The Hall–Kier alpha value is -0.780. The van der Waals surface area contributed by atoms with Gasteiger partial charge < -0.3 is 5.32 Å². The molecule has 0 bridgehead atoms. The standard InChI is InChI=1S/C14H19F3N2.ClH/c1-2-3-12(19-8-6-18-7-9-19)10-4-5-11(15)14(17)13(10)16;/h4-5,12,18H,2-3,6-9H2,1H3;1H/t12-;/m1./s1. The number of nitrogens with one attached hydrogen (secondary N) is 1. The van der Waals surface area contributed by atoms with Crippen molar-refractivity contribution < 1.29 is 13.2 Å². The van der Waals surface area contributed by atoms with E-state index in [1.54, 1.807) is 0 Å². The van der Waals surface area contributed by atoms with Gasteiger partial charge in [0.2, 0.25) is 0 Å². The van der Waals surface area contributed by atoms with Crippen LogP contribution in [0.2, 0.25) is 0 Å². The summed E-state index contributed by atoms with van der Waals surface area (Å²) < 4.78 is 40.3.